The molecule has 6 nitrogen and oxygen atoms in total. The molecule has 130 valence electrons. The highest BCUT2D eigenvalue weighted by atomic mass is 19.2. The quantitative estimate of drug-likeness (QED) is 0.836. The summed E-state index contributed by atoms with van der Waals surface area (Å²) in [7, 11) is 0. The molecule has 2 heterocycles. The Morgan fingerprint density at radius 1 is 1.21 bits per heavy atom. The summed E-state index contributed by atoms with van der Waals surface area (Å²) in [5.74, 6) is -0.938. The van der Waals surface area contributed by atoms with Crippen molar-refractivity contribution in [2.75, 3.05) is 33.0 Å². The Bertz CT molecular complexity index is 685. The van der Waals surface area contributed by atoms with Gasteiger partial charge in [-0.15, -0.1) is 5.10 Å². The van der Waals surface area contributed by atoms with E-state index in [0.29, 0.717) is 50.4 Å². The van der Waals surface area contributed by atoms with Crippen LogP contribution in [0.2, 0.25) is 0 Å². The van der Waals surface area contributed by atoms with Crippen LogP contribution in [0.15, 0.2) is 18.2 Å². The maximum atomic E-state index is 13.6. The lowest BCUT2D eigenvalue weighted by Gasteiger charge is -2.14. The van der Waals surface area contributed by atoms with Gasteiger partial charge in [-0.3, -0.25) is 0 Å². The van der Waals surface area contributed by atoms with E-state index >= 15 is 0 Å². The van der Waals surface area contributed by atoms with Gasteiger partial charge in [-0.2, -0.15) is 0 Å². The van der Waals surface area contributed by atoms with Gasteiger partial charge in [0.05, 0.1) is 38.0 Å². The Labute approximate surface area is 138 Å². The highest BCUT2D eigenvalue weighted by Gasteiger charge is 2.24. The van der Waals surface area contributed by atoms with E-state index in [2.05, 4.69) is 10.1 Å². The van der Waals surface area contributed by atoms with Gasteiger partial charge in [0, 0.05) is 12.7 Å². The number of hydrogen-bond acceptors (Lipinski definition) is 5. The molecular formula is C16H19F2N3O3. The minimum atomic E-state index is -0.936. The Hall–Kier alpha value is -1.90. The second kappa shape index (κ2) is 7.78. The van der Waals surface area contributed by atoms with Gasteiger partial charge in [-0.05, 0) is 19.1 Å². The predicted molar refractivity (Wildman–Crippen MR) is 81.0 cm³/mol. The SMILES string of the molecule is CCOCc1nc(C2COCCOC2)n(-c2ccc(F)c(F)c2)n1. The molecule has 3 rings (SSSR count). The fourth-order valence-corrected chi connectivity index (χ4v) is 2.46. The maximum Gasteiger partial charge on any atom is 0.177 e. The molecule has 0 unspecified atom stereocenters. The molecule has 0 spiro atoms. The molecule has 1 aromatic carbocycles. The van der Waals surface area contributed by atoms with E-state index in [4.69, 9.17) is 14.2 Å². The summed E-state index contributed by atoms with van der Waals surface area (Å²) in [5, 5.41) is 4.37. The van der Waals surface area contributed by atoms with Gasteiger partial charge in [-0.1, -0.05) is 0 Å². The van der Waals surface area contributed by atoms with Crippen LogP contribution in [-0.4, -0.2) is 47.8 Å². The van der Waals surface area contributed by atoms with Crippen molar-refractivity contribution in [1.82, 2.24) is 14.8 Å². The fourth-order valence-electron chi connectivity index (χ4n) is 2.46. The summed E-state index contributed by atoms with van der Waals surface area (Å²) in [6.45, 7) is 4.54. The molecule has 0 bridgehead atoms. The van der Waals surface area contributed by atoms with E-state index in [9.17, 15) is 8.78 Å². The second-order valence-electron chi connectivity index (χ2n) is 5.38. The van der Waals surface area contributed by atoms with Crippen LogP contribution in [0.5, 0.6) is 0 Å². The first-order valence-corrected chi connectivity index (χ1v) is 7.83. The molecule has 1 fully saturated rings. The molecule has 8 heteroatoms. The van der Waals surface area contributed by atoms with Crippen molar-refractivity contribution in [3.63, 3.8) is 0 Å². The monoisotopic (exact) mass is 339 g/mol. The van der Waals surface area contributed by atoms with Crippen LogP contribution in [0.25, 0.3) is 5.69 Å². The highest BCUT2D eigenvalue weighted by molar-refractivity contribution is 5.33. The first-order valence-electron chi connectivity index (χ1n) is 7.83. The summed E-state index contributed by atoms with van der Waals surface area (Å²) in [4.78, 5) is 4.49. The zero-order valence-electron chi connectivity index (χ0n) is 13.4. The summed E-state index contributed by atoms with van der Waals surface area (Å²) in [6, 6.07) is 3.62. The molecule has 0 radical (unpaired) electrons. The lowest BCUT2D eigenvalue weighted by Crippen LogP contribution is -2.16. The summed E-state index contributed by atoms with van der Waals surface area (Å²) < 4.78 is 44.7. The minimum absolute atomic E-state index is 0.150. The van der Waals surface area contributed by atoms with Gasteiger partial charge >= 0.3 is 0 Å². The average Bonchev–Trinajstić information content (AvgIpc) is 2.81. The molecule has 0 atom stereocenters. The third-order valence-corrected chi connectivity index (χ3v) is 3.63. The van der Waals surface area contributed by atoms with Gasteiger partial charge in [0.1, 0.15) is 12.4 Å². The van der Waals surface area contributed by atoms with Gasteiger partial charge in [0.2, 0.25) is 0 Å². The molecule has 0 amide bonds. The van der Waals surface area contributed by atoms with Gasteiger partial charge in [0.25, 0.3) is 0 Å². The summed E-state index contributed by atoms with van der Waals surface area (Å²) >= 11 is 0. The van der Waals surface area contributed by atoms with Crippen molar-refractivity contribution < 1.29 is 23.0 Å². The van der Waals surface area contributed by atoms with Crippen LogP contribution < -0.4 is 0 Å². The number of aromatic nitrogens is 3. The number of halogens is 2. The van der Waals surface area contributed by atoms with E-state index in [1.54, 1.807) is 0 Å². The van der Waals surface area contributed by atoms with Crippen LogP contribution in [-0.2, 0) is 20.8 Å². The van der Waals surface area contributed by atoms with Crippen LogP contribution in [0.1, 0.15) is 24.5 Å². The van der Waals surface area contributed by atoms with Crippen LogP contribution >= 0.6 is 0 Å². The van der Waals surface area contributed by atoms with Crippen LogP contribution in [0.4, 0.5) is 8.78 Å². The molecule has 2 aromatic rings. The number of rotatable bonds is 5. The number of benzene rings is 1. The smallest absolute Gasteiger partial charge is 0.177 e. The summed E-state index contributed by atoms with van der Waals surface area (Å²) in [5.41, 5.74) is 0.392. The molecule has 1 aliphatic heterocycles. The number of nitrogens with zero attached hydrogens (tertiary/aromatic N) is 3. The maximum absolute atomic E-state index is 13.6. The zero-order valence-corrected chi connectivity index (χ0v) is 13.4. The number of ether oxygens (including phenoxy) is 3. The van der Waals surface area contributed by atoms with Crippen molar-refractivity contribution in [1.29, 1.82) is 0 Å². The van der Waals surface area contributed by atoms with Crippen LogP contribution in [0.3, 0.4) is 0 Å². The third-order valence-electron chi connectivity index (χ3n) is 3.63. The molecule has 1 saturated heterocycles. The molecule has 0 saturated carbocycles. The summed E-state index contributed by atoms with van der Waals surface area (Å²) in [6.07, 6.45) is 0. The van der Waals surface area contributed by atoms with E-state index in [-0.39, 0.29) is 12.5 Å². The fraction of sp³-hybridized carbons (Fsp3) is 0.500. The van der Waals surface area contributed by atoms with Crippen molar-refractivity contribution in [3.05, 3.63) is 41.5 Å². The Morgan fingerprint density at radius 3 is 2.62 bits per heavy atom. The van der Waals surface area contributed by atoms with E-state index in [1.165, 1.54) is 10.7 Å². The first kappa shape index (κ1) is 16.9. The average molecular weight is 339 g/mol. The van der Waals surface area contributed by atoms with Gasteiger partial charge < -0.3 is 14.2 Å². The van der Waals surface area contributed by atoms with E-state index < -0.39 is 11.6 Å². The largest absolute Gasteiger partial charge is 0.378 e. The van der Waals surface area contributed by atoms with Crippen molar-refractivity contribution in [3.8, 4) is 5.69 Å². The van der Waals surface area contributed by atoms with Crippen LogP contribution in [0, 0.1) is 11.6 Å². The van der Waals surface area contributed by atoms with E-state index in [0.717, 1.165) is 12.1 Å². The lowest BCUT2D eigenvalue weighted by atomic mass is 10.1. The number of hydrogen-bond donors (Lipinski definition) is 0. The third kappa shape index (κ3) is 3.77. The molecule has 24 heavy (non-hydrogen) atoms. The Balaban J connectivity index is 1.97. The minimum Gasteiger partial charge on any atom is -0.378 e. The van der Waals surface area contributed by atoms with Crippen molar-refractivity contribution in [2.45, 2.75) is 19.4 Å². The molecule has 0 N–H and O–H groups in total. The predicted octanol–water partition coefficient (Wildman–Crippen LogP) is 2.21. The van der Waals surface area contributed by atoms with Crippen molar-refractivity contribution in [2.24, 2.45) is 0 Å². The molecule has 1 aliphatic rings. The van der Waals surface area contributed by atoms with Gasteiger partial charge in [0.15, 0.2) is 17.5 Å². The molecule has 1 aromatic heterocycles. The van der Waals surface area contributed by atoms with Crippen molar-refractivity contribution >= 4 is 0 Å². The lowest BCUT2D eigenvalue weighted by molar-refractivity contribution is 0.103. The molecule has 0 aliphatic carbocycles. The Kier molecular flexibility index (Phi) is 5.49. The standard InChI is InChI=1S/C16H19F2N3O3/c1-2-22-10-15-19-16(11-8-23-5-6-24-9-11)21(20-15)12-3-4-13(17)14(18)7-12/h3-4,7,11H,2,5-6,8-10H2,1H3. The topological polar surface area (TPSA) is 58.4 Å². The zero-order chi connectivity index (χ0) is 16.9. The normalized spacial score (nSPS) is 16.3. The van der Waals surface area contributed by atoms with E-state index in [1.807, 2.05) is 6.92 Å². The highest BCUT2D eigenvalue weighted by Crippen LogP contribution is 2.22. The van der Waals surface area contributed by atoms with Gasteiger partial charge in [-0.25, -0.2) is 18.4 Å². The Morgan fingerprint density at radius 2 is 1.96 bits per heavy atom. The first-order chi connectivity index (χ1) is 11.7. The molecular weight excluding hydrogens is 320 g/mol. The second-order valence-corrected chi connectivity index (χ2v) is 5.38.